The predicted octanol–water partition coefficient (Wildman–Crippen LogP) is 5.04. The molecule has 0 N–H and O–H groups in total. The molecule has 0 aromatic heterocycles. The van der Waals surface area contributed by atoms with Crippen molar-refractivity contribution in [3.05, 3.63) is 0 Å². The second kappa shape index (κ2) is 8.09. The fourth-order valence-corrected chi connectivity index (χ4v) is 4.38. The smallest absolute Gasteiger partial charge is 0.320 e. The number of carbonyl (C=O) groups is 2. The van der Waals surface area contributed by atoms with Gasteiger partial charge in [-0.2, -0.15) is 0 Å². The van der Waals surface area contributed by atoms with Crippen LogP contribution in [0.15, 0.2) is 0 Å². The van der Waals surface area contributed by atoms with E-state index in [1.165, 1.54) is 0 Å². The maximum absolute atomic E-state index is 12.5. The van der Waals surface area contributed by atoms with Gasteiger partial charge in [-0.3, -0.25) is 9.59 Å². The molecule has 4 nitrogen and oxygen atoms in total. The number of esters is 2. The van der Waals surface area contributed by atoms with Crippen LogP contribution in [-0.2, 0) is 19.1 Å². The molecular weight excluding hydrogens is 316 g/mol. The molecular formula is C21H36O4. The summed E-state index contributed by atoms with van der Waals surface area (Å²) in [6.07, 6.45) is 8.33. The minimum atomic E-state index is -0.782. The van der Waals surface area contributed by atoms with E-state index in [2.05, 4.69) is 27.7 Å². The summed E-state index contributed by atoms with van der Waals surface area (Å²) in [5, 5.41) is 0. The summed E-state index contributed by atoms with van der Waals surface area (Å²) in [6.45, 7) is 10.7. The molecule has 0 amide bonds. The fourth-order valence-electron chi connectivity index (χ4n) is 4.38. The van der Waals surface area contributed by atoms with E-state index in [1.807, 2.05) is 6.92 Å². The maximum atomic E-state index is 12.5. The lowest BCUT2D eigenvalue weighted by Gasteiger charge is -2.36. The SMILES string of the molecule is CCC(C(=O)OC1CCCC(C)(C)C1)C(=O)OC1CCCC(C)(C)C1. The van der Waals surface area contributed by atoms with E-state index in [4.69, 9.17) is 9.47 Å². The zero-order valence-corrected chi connectivity index (χ0v) is 16.7. The van der Waals surface area contributed by atoms with Gasteiger partial charge in [0.15, 0.2) is 5.92 Å². The minimum Gasteiger partial charge on any atom is -0.462 e. The zero-order chi connectivity index (χ0) is 18.7. The van der Waals surface area contributed by atoms with Gasteiger partial charge >= 0.3 is 11.9 Å². The minimum absolute atomic E-state index is 0.0632. The van der Waals surface area contributed by atoms with Gasteiger partial charge in [0.2, 0.25) is 0 Å². The molecule has 0 spiro atoms. The molecule has 2 aliphatic carbocycles. The third-order valence-electron chi connectivity index (χ3n) is 5.86. The lowest BCUT2D eigenvalue weighted by molar-refractivity contribution is -0.171. The highest BCUT2D eigenvalue weighted by Gasteiger charge is 2.36. The standard InChI is InChI=1S/C21H36O4/c1-6-17(18(22)24-15-9-7-11-20(2,3)13-15)19(23)25-16-10-8-12-21(4,5)14-16/h15-17H,6-14H2,1-5H3. The van der Waals surface area contributed by atoms with Gasteiger partial charge in [-0.15, -0.1) is 0 Å². The van der Waals surface area contributed by atoms with Crippen LogP contribution in [0, 0.1) is 16.7 Å². The Morgan fingerprint density at radius 2 is 1.28 bits per heavy atom. The number of carbonyl (C=O) groups excluding carboxylic acids is 2. The fraction of sp³-hybridized carbons (Fsp3) is 0.905. The quantitative estimate of drug-likeness (QED) is 0.514. The Morgan fingerprint density at radius 3 is 1.60 bits per heavy atom. The summed E-state index contributed by atoms with van der Waals surface area (Å²) >= 11 is 0. The average Bonchev–Trinajstić information content (AvgIpc) is 2.45. The summed E-state index contributed by atoms with van der Waals surface area (Å²) in [6, 6.07) is 0. The number of ether oxygens (including phenoxy) is 2. The van der Waals surface area contributed by atoms with Crippen LogP contribution in [0.25, 0.3) is 0 Å². The normalized spacial score (nSPS) is 29.5. The van der Waals surface area contributed by atoms with Crippen LogP contribution in [0.2, 0.25) is 0 Å². The lowest BCUT2D eigenvalue weighted by Crippen LogP contribution is -2.37. The summed E-state index contributed by atoms with van der Waals surface area (Å²) in [5.74, 6) is -1.58. The second-order valence-electron chi connectivity index (χ2n) is 9.60. The van der Waals surface area contributed by atoms with Crippen LogP contribution in [0.5, 0.6) is 0 Å². The first-order valence-corrected chi connectivity index (χ1v) is 10.0. The maximum Gasteiger partial charge on any atom is 0.320 e. The molecule has 2 rings (SSSR count). The summed E-state index contributed by atoms with van der Waals surface area (Å²) < 4.78 is 11.4. The van der Waals surface area contributed by atoms with Crippen molar-refractivity contribution in [2.75, 3.05) is 0 Å². The van der Waals surface area contributed by atoms with Gasteiger partial charge in [-0.05, 0) is 68.6 Å². The van der Waals surface area contributed by atoms with Gasteiger partial charge in [0.1, 0.15) is 12.2 Å². The van der Waals surface area contributed by atoms with Crippen molar-refractivity contribution in [1.82, 2.24) is 0 Å². The van der Waals surface area contributed by atoms with Crippen molar-refractivity contribution in [2.24, 2.45) is 16.7 Å². The van der Waals surface area contributed by atoms with E-state index in [1.54, 1.807) is 0 Å². The van der Waals surface area contributed by atoms with E-state index < -0.39 is 17.9 Å². The highest BCUT2D eigenvalue weighted by Crippen LogP contribution is 2.38. The Bertz CT molecular complexity index is 438. The van der Waals surface area contributed by atoms with Gasteiger partial charge in [0, 0.05) is 0 Å². The highest BCUT2D eigenvalue weighted by atomic mass is 16.6. The van der Waals surface area contributed by atoms with Crippen LogP contribution in [0.4, 0.5) is 0 Å². The highest BCUT2D eigenvalue weighted by molar-refractivity contribution is 5.95. The Kier molecular flexibility index (Phi) is 6.56. The summed E-state index contributed by atoms with van der Waals surface area (Å²) in [4.78, 5) is 25.1. The van der Waals surface area contributed by atoms with Gasteiger partial charge in [0.05, 0.1) is 0 Å². The number of hydrogen-bond donors (Lipinski definition) is 0. The van der Waals surface area contributed by atoms with E-state index in [0.717, 1.165) is 51.4 Å². The molecule has 0 heterocycles. The molecule has 0 aliphatic heterocycles. The van der Waals surface area contributed by atoms with Crippen LogP contribution < -0.4 is 0 Å². The van der Waals surface area contributed by atoms with Crippen LogP contribution >= 0.6 is 0 Å². The van der Waals surface area contributed by atoms with Crippen molar-refractivity contribution in [3.63, 3.8) is 0 Å². The third kappa shape index (κ3) is 6.00. The van der Waals surface area contributed by atoms with E-state index in [-0.39, 0.29) is 23.0 Å². The lowest BCUT2D eigenvalue weighted by atomic mass is 9.76. The molecule has 0 saturated heterocycles. The topological polar surface area (TPSA) is 52.6 Å². The molecule has 144 valence electrons. The van der Waals surface area contributed by atoms with E-state index in [9.17, 15) is 9.59 Å². The zero-order valence-electron chi connectivity index (χ0n) is 16.7. The van der Waals surface area contributed by atoms with Gasteiger partial charge < -0.3 is 9.47 Å². The Labute approximate surface area is 153 Å². The molecule has 0 bridgehead atoms. The molecule has 2 aliphatic rings. The van der Waals surface area contributed by atoms with Crippen molar-refractivity contribution in [3.8, 4) is 0 Å². The van der Waals surface area contributed by atoms with Crippen LogP contribution in [0.3, 0.4) is 0 Å². The first-order chi connectivity index (χ1) is 11.6. The van der Waals surface area contributed by atoms with Crippen molar-refractivity contribution in [2.45, 2.75) is 105 Å². The average molecular weight is 353 g/mol. The van der Waals surface area contributed by atoms with Crippen LogP contribution in [0.1, 0.15) is 92.4 Å². The predicted molar refractivity (Wildman–Crippen MR) is 98.0 cm³/mol. The van der Waals surface area contributed by atoms with Gasteiger partial charge in [0.25, 0.3) is 0 Å². The molecule has 2 unspecified atom stereocenters. The summed E-state index contributed by atoms with van der Waals surface area (Å²) in [5.41, 5.74) is 0.415. The second-order valence-corrected chi connectivity index (χ2v) is 9.60. The van der Waals surface area contributed by atoms with Crippen LogP contribution in [-0.4, -0.2) is 24.1 Å². The third-order valence-corrected chi connectivity index (χ3v) is 5.86. The molecule has 0 aromatic rings. The number of rotatable bonds is 5. The first-order valence-electron chi connectivity index (χ1n) is 10.0. The monoisotopic (exact) mass is 352 g/mol. The summed E-state index contributed by atoms with van der Waals surface area (Å²) in [7, 11) is 0. The Balaban J connectivity index is 1.89. The Morgan fingerprint density at radius 1 is 0.880 bits per heavy atom. The molecule has 25 heavy (non-hydrogen) atoms. The van der Waals surface area contributed by atoms with Gasteiger partial charge in [-0.1, -0.05) is 34.6 Å². The first kappa shape index (κ1) is 20.3. The largest absolute Gasteiger partial charge is 0.462 e. The number of hydrogen-bond acceptors (Lipinski definition) is 4. The van der Waals surface area contributed by atoms with Crippen molar-refractivity contribution in [1.29, 1.82) is 0 Å². The van der Waals surface area contributed by atoms with Gasteiger partial charge in [-0.25, -0.2) is 0 Å². The molecule has 0 aromatic carbocycles. The molecule has 0 radical (unpaired) electrons. The van der Waals surface area contributed by atoms with E-state index >= 15 is 0 Å². The molecule has 2 saturated carbocycles. The van der Waals surface area contributed by atoms with E-state index in [0.29, 0.717) is 6.42 Å². The molecule has 2 fully saturated rings. The van der Waals surface area contributed by atoms with Crippen molar-refractivity contribution >= 4 is 11.9 Å². The molecule has 4 heteroatoms. The Hall–Kier alpha value is -1.06. The molecule has 2 atom stereocenters. The van der Waals surface area contributed by atoms with Crippen molar-refractivity contribution < 1.29 is 19.1 Å².